The molecule has 1 rings (SSSR count). The molecule has 0 aliphatic rings. The summed E-state index contributed by atoms with van der Waals surface area (Å²) in [4.78, 5) is 0.161. The van der Waals surface area contributed by atoms with Crippen molar-refractivity contribution in [1.82, 2.24) is 9.46 Å². The minimum Gasteiger partial charge on any atom is -0.360 e. The van der Waals surface area contributed by atoms with Crippen LogP contribution in [0.2, 0.25) is 0 Å². The van der Waals surface area contributed by atoms with Crippen molar-refractivity contribution in [3.63, 3.8) is 0 Å². The Morgan fingerprint density at radius 1 is 1.41 bits per heavy atom. The van der Waals surface area contributed by atoms with Crippen molar-refractivity contribution in [3.8, 4) is 0 Å². The van der Waals surface area contributed by atoms with E-state index in [1.807, 2.05) is 13.8 Å². The van der Waals surface area contributed by atoms with Crippen LogP contribution in [-0.4, -0.2) is 35.8 Å². The highest BCUT2D eigenvalue weighted by atomic mass is 79.9. The molecule has 0 spiro atoms. The number of hydrogen-bond acceptors (Lipinski definition) is 4. The van der Waals surface area contributed by atoms with E-state index in [4.69, 9.17) is 4.52 Å². The summed E-state index contributed by atoms with van der Waals surface area (Å²) in [5, 5.41) is 4.22. The van der Waals surface area contributed by atoms with E-state index < -0.39 is 15.6 Å². The highest BCUT2D eigenvalue weighted by Gasteiger charge is 2.36. The summed E-state index contributed by atoms with van der Waals surface area (Å²) in [5.74, 6) is 0.319. The van der Waals surface area contributed by atoms with Crippen LogP contribution in [0.4, 0.5) is 0 Å². The molecule has 17 heavy (non-hydrogen) atoms. The Hall–Kier alpha value is -0.400. The van der Waals surface area contributed by atoms with Crippen LogP contribution in [0.25, 0.3) is 0 Å². The molecule has 0 N–H and O–H groups in total. The molecule has 1 heterocycles. The average molecular weight is 325 g/mol. The second kappa shape index (κ2) is 4.70. The zero-order chi connectivity index (χ0) is 13.4. The molecular weight excluding hydrogens is 308 g/mol. The lowest BCUT2D eigenvalue weighted by Crippen LogP contribution is -2.46. The maximum atomic E-state index is 12.4. The summed E-state index contributed by atoms with van der Waals surface area (Å²) >= 11 is 3.32. The van der Waals surface area contributed by atoms with Gasteiger partial charge in [0, 0.05) is 17.9 Å². The number of aromatic nitrogens is 1. The predicted octanol–water partition coefficient (Wildman–Crippen LogP) is 2.09. The van der Waals surface area contributed by atoms with Gasteiger partial charge in [-0.2, -0.15) is 4.31 Å². The molecule has 0 amide bonds. The van der Waals surface area contributed by atoms with E-state index in [0.717, 1.165) is 0 Å². The molecule has 0 aliphatic carbocycles. The molecule has 1 aromatic rings. The zero-order valence-corrected chi connectivity index (χ0v) is 13.0. The van der Waals surface area contributed by atoms with E-state index in [-0.39, 0.29) is 4.90 Å². The molecule has 0 saturated heterocycles. The van der Waals surface area contributed by atoms with Gasteiger partial charge in [0.1, 0.15) is 10.6 Å². The number of rotatable bonds is 4. The summed E-state index contributed by atoms with van der Waals surface area (Å²) in [6.45, 7) is 6.91. The van der Waals surface area contributed by atoms with Crippen molar-refractivity contribution in [2.24, 2.45) is 0 Å². The van der Waals surface area contributed by atoms with Gasteiger partial charge in [-0.3, -0.25) is 0 Å². The number of aryl methyl sites for hydroxylation is 2. The van der Waals surface area contributed by atoms with Gasteiger partial charge in [0.15, 0.2) is 5.76 Å². The van der Waals surface area contributed by atoms with Crippen molar-refractivity contribution >= 4 is 26.0 Å². The summed E-state index contributed by atoms with van der Waals surface area (Å²) in [7, 11) is -2.02. The lowest BCUT2D eigenvalue weighted by molar-refractivity contribution is 0.299. The van der Waals surface area contributed by atoms with E-state index >= 15 is 0 Å². The lowest BCUT2D eigenvalue weighted by atomic mass is 10.1. The van der Waals surface area contributed by atoms with E-state index in [9.17, 15) is 8.42 Å². The fourth-order valence-electron chi connectivity index (χ4n) is 1.39. The Morgan fingerprint density at radius 3 is 2.29 bits per heavy atom. The standard InChI is InChI=1S/C10H17BrN2O3S/c1-7-9(8(2)16-12-7)17(14,15)13(5)10(3,4)6-11/h6H2,1-5H3. The topological polar surface area (TPSA) is 63.4 Å². The number of halogens is 1. The summed E-state index contributed by atoms with van der Waals surface area (Å²) < 4.78 is 31.1. The number of nitrogens with zero attached hydrogens (tertiary/aromatic N) is 2. The number of sulfonamides is 1. The predicted molar refractivity (Wildman–Crippen MR) is 68.8 cm³/mol. The summed E-state index contributed by atoms with van der Waals surface area (Å²) in [5.41, 5.74) is -0.130. The fourth-order valence-corrected chi connectivity index (χ4v) is 3.73. The molecule has 0 fully saturated rings. The van der Waals surface area contributed by atoms with Crippen molar-refractivity contribution < 1.29 is 12.9 Å². The number of alkyl halides is 1. The van der Waals surface area contributed by atoms with Crippen LogP contribution in [0, 0.1) is 13.8 Å². The SMILES string of the molecule is Cc1noc(C)c1S(=O)(=O)N(C)C(C)(C)CBr. The maximum Gasteiger partial charge on any atom is 0.248 e. The Morgan fingerprint density at radius 2 is 1.94 bits per heavy atom. The Labute approximate surface area is 110 Å². The van der Waals surface area contributed by atoms with Crippen LogP contribution in [0.5, 0.6) is 0 Å². The molecule has 0 saturated carbocycles. The van der Waals surface area contributed by atoms with E-state index in [1.165, 1.54) is 4.31 Å². The van der Waals surface area contributed by atoms with Gasteiger partial charge in [-0.05, 0) is 27.7 Å². The highest BCUT2D eigenvalue weighted by Crippen LogP contribution is 2.28. The largest absolute Gasteiger partial charge is 0.360 e. The van der Waals surface area contributed by atoms with E-state index in [0.29, 0.717) is 16.8 Å². The lowest BCUT2D eigenvalue weighted by Gasteiger charge is -2.32. The quantitative estimate of drug-likeness (QED) is 0.795. The minimum absolute atomic E-state index is 0.161. The van der Waals surface area contributed by atoms with Gasteiger partial charge < -0.3 is 4.52 Å². The minimum atomic E-state index is -3.58. The first-order valence-electron chi connectivity index (χ1n) is 5.12. The molecule has 7 heteroatoms. The van der Waals surface area contributed by atoms with E-state index in [1.54, 1.807) is 20.9 Å². The molecule has 5 nitrogen and oxygen atoms in total. The second-order valence-electron chi connectivity index (χ2n) is 4.57. The first-order chi connectivity index (χ1) is 7.64. The summed E-state index contributed by atoms with van der Waals surface area (Å²) in [6, 6.07) is 0. The van der Waals surface area contributed by atoms with Crippen molar-refractivity contribution in [3.05, 3.63) is 11.5 Å². The van der Waals surface area contributed by atoms with Crippen LogP contribution in [-0.2, 0) is 10.0 Å². The van der Waals surface area contributed by atoms with Crippen LogP contribution in [0.3, 0.4) is 0 Å². The fraction of sp³-hybridized carbons (Fsp3) is 0.700. The van der Waals surface area contributed by atoms with Crippen LogP contribution < -0.4 is 0 Å². The van der Waals surface area contributed by atoms with Crippen LogP contribution in [0.1, 0.15) is 25.3 Å². The third kappa shape index (κ3) is 2.56. The first-order valence-corrected chi connectivity index (χ1v) is 7.68. The third-order valence-corrected chi connectivity index (χ3v) is 6.45. The summed E-state index contributed by atoms with van der Waals surface area (Å²) in [6.07, 6.45) is 0. The smallest absolute Gasteiger partial charge is 0.248 e. The Balaban J connectivity index is 3.31. The Kier molecular flexibility index (Phi) is 4.05. The molecule has 0 aromatic carbocycles. The maximum absolute atomic E-state index is 12.4. The molecule has 0 radical (unpaired) electrons. The van der Waals surface area contributed by atoms with Gasteiger partial charge >= 0.3 is 0 Å². The monoisotopic (exact) mass is 324 g/mol. The van der Waals surface area contributed by atoms with Gasteiger partial charge in [-0.25, -0.2) is 8.42 Å². The van der Waals surface area contributed by atoms with Crippen LogP contribution >= 0.6 is 15.9 Å². The van der Waals surface area contributed by atoms with Gasteiger partial charge in [-0.15, -0.1) is 0 Å². The van der Waals surface area contributed by atoms with Crippen molar-refractivity contribution in [2.45, 2.75) is 38.1 Å². The molecule has 0 atom stereocenters. The molecule has 0 bridgehead atoms. The molecular formula is C10H17BrN2O3S. The molecule has 0 unspecified atom stereocenters. The van der Waals surface area contributed by atoms with Gasteiger partial charge in [0.05, 0.1) is 0 Å². The van der Waals surface area contributed by atoms with Crippen LogP contribution in [0.15, 0.2) is 9.42 Å². The van der Waals surface area contributed by atoms with Gasteiger partial charge in [0.2, 0.25) is 10.0 Å². The molecule has 0 aliphatic heterocycles. The van der Waals surface area contributed by atoms with Crippen molar-refractivity contribution in [2.75, 3.05) is 12.4 Å². The third-order valence-electron chi connectivity index (χ3n) is 2.77. The molecule has 1 aromatic heterocycles. The van der Waals surface area contributed by atoms with Gasteiger partial charge in [0.25, 0.3) is 0 Å². The molecule has 98 valence electrons. The second-order valence-corrected chi connectivity index (χ2v) is 7.04. The zero-order valence-electron chi connectivity index (χ0n) is 10.6. The Bertz CT molecular complexity index is 488. The van der Waals surface area contributed by atoms with Crippen molar-refractivity contribution in [1.29, 1.82) is 0 Å². The highest BCUT2D eigenvalue weighted by molar-refractivity contribution is 9.09. The average Bonchev–Trinajstić information content (AvgIpc) is 2.57. The number of hydrogen-bond donors (Lipinski definition) is 0. The van der Waals surface area contributed by atoms with E-state index in [2.05, 4.69) is 21.1 Å². The van der Waals surface area contributed by atoms with Gasteiger partial charge in [-0.1, -0.05) is 21.1 Å². The first kappa shape index (κ1) is 14.7. The normalized spacial score (nSPS) is 13.4.